The Labute approximate surface area is 145 Å². The molecule has 0 unspecified atom stereocenters. The van der Waals surface area contributed by atoms with Gasteiger partial charge in [0.25, 0.3) is 0 Å². The van der Waals surface area contributed by atoms with Gasteiger partial charge in [0.1, 0.15) is 11.9 Å². The van der Waals surface area contributed by atoms with Crippen LogP contribution in [0.5, 0.6) is 0 Å². The number of imidazole rings is 1. The highest BCUT2D eigenvalue weighted by Gasteiger charge is 2.19. The summed E-state index contributed by atoms with van der Waals surface area (Å²) in [6.45, 7) is 2.04. The first-order valence-electron chi connectivity index (χ1n) is 7.70. The second-order valence-corrected chi connectivity index (χ2v) is 6.50. The first-order valence-corrected chi connectivity index (χ1v) is 8.58. The van der Waals surface area contributed by atoms with Crippen LogP contribution >= 0.6 is 11.3 Å². The molecule has 0 bridgehead atoms. The number of amides is 1. The molecule has 3 aromatic rings. The molecular formula is C19H19N3OS. The number of aromatic nitrogens is 2. The summed E-state index contributed by atoms with van der Waals surface area (Å²) in [5.41, 5.74) is 2.17. The van der Waals surface area contributed by atoms with Crippen molar-refractivity contribution >= 4 is 23.3 Å². The molecule has 1 atom stereocenters. The number of hydrogen-bond donors (Lipinski definition) is 1. The van der Waals surface area contributed by atoms with E-state index in [0.717, 1.165) is 16.3 Å². The minimum atomic E-state index is -0.284. The Balaban J connectivity index is 1.82. The van der Waals surface area contributed by atoms with Gasteiger partial charge in [0, 0.05) is 30.4 Å². The molecule has 3 rings (SSSR count). The number of rotatable bonds is 5. The maximum atomic E-state index is 12.4. The van der Waals surface area contributed by atoms with Crippen molar-refractivity contribution in [1.82, 2.24) is 14.9 Å². The largest absolute Gasteiger partial charge is 0.339 e. The molecule has 0 saturated carbocycles. The van der Waals surface area contributed by atoms with Gasteiger partial charge in [-0.2, -0.15) is 0 Å². The molecule has 0 spiro atoms. The van der Waals surface area contributed by atoms with Crippen LogP contribution in [0.15, 0.2) is 60.2 Å². The van der Waals surface area contributed by atoms with Crippen LogP contribution in [0.3, 0.4) is 0 Å². The van der Waals surface area contributed by atoms with E-state index < -0.39 is 0 Å². The minimum absolute atomic E-state index is 0.139. The van der Waals surface area contributed by atoms with Gasteiger partial charge < -0.3 is 9.88 Å². The number of thiophene rings is 1. The number of nitrogens with zero attached hydrogens (tertiary/aromatic N) is 2. The summed E-state index contributed by atoms with van der Waals surface area (Å²) < 4.78 is 1.92. The van der Waals surface area contributed by atoms with Crippen LogP contribution in [0.4, 0.5) is 0 Å². The molecule has 4 nitrogen and oxygen atoms in total. The first-order chi connectivity index (χ1) is 11.6. The molecule has 1 aromatic carbocycles. The summed E-state index contributed by atoms with van der Waals surface area (Å²) in [7, 11) is 1.93. The van der Waals surface area contributed by atoms with Crippen LogP contribution < -0.4 is 5.32 Å². The van der Waals surface area contributed by atoms with Crippen LogP contribution in [0, 0.1) is 6.92 Å². The van der Waals surface area contributed by atoms with Crippen molar-refractivity contribution in [1.29, 1.82) is 0 Å². The number of carbonyl (C=O) groups is 1. The maximum absolute atomic E-state index is 12.4. The summed E-state index contributed by atoms with van der Waals surface area (Å²) in [4.78, 5) is 17.9. The van der Waals surface area contributed by atoms with Gasteiger partial charge in [0.15, 0.2) is 0 Å². The number of hydrogen-bond acceptors (Lipinski definition) is 3. The lowest BCUT2D eigenvalue weighted by Crippen LogP contribution is -2.29. The van der Waals surface area contributed by atoms with Crippen LogP contribution in [-0.4, -0.2) is 15.5 Å². The quantitative estimate of drug-likeness (QED) is 0.722. The molecule has 0 aliphatic rings. The number of aryl methyl sites for hydroxylation is 2. The summed E-state index contributed by atoms with van der Waals surface area (Å²) in [6, 6.07) is 11.6. The van der Waals surface area contributed by atoms with Crippen LogP contribution in [0.2, 0.25) is 0 Å². The highest BCUT2D eigenvalue weighted by molar-refractivity contribution is 7.11. The Hall–Kier alpha value is -2.66. The van der Waals surface area contributed by atoms with E-state index in [4.69, 9.17) is 0 Å². The Morgan fingerprint density at radius 2 is 2.08 bits per heavy atom. The van der Waals surface area contributed by atoms with Crippen LogP contribution in [0.1, 0.15) is 27.9 Å². The SMILES string of the molecule is Cc1ccsc1/C=C/C(=O)N[C@@H](c1ccccc1)c1nccn1C. The van der Waals surface area contributed by atoms with E-state index in [1.54, 1.807) is 23.6 Å². The van der Waals surface area contributed by atoms with Crippen molar-refractivity contribution in [2.24, 2.45) is 7.05 Å². The van der Waals surface area contributed by atoms with E-state index in [1.807, 2.05) is 72.6 Å². The van der Waals surface area contributed by atoms with Gasteiger partial charge in [-0.05, 0) is 35.6 Å². The van der Waals surface area contributed by atoms with Gasteiger partial charge in [-0.15, -0.1) is 11.3 Å². The van der Waals surface area contributed by atoms with Crippen molar-refractivity contribution in [3.8, 4) is 0 Å². The van der Waals surface area contributed by atoms with Gasteiger partial charge in [0.05, 0.1) is 0 Å². The molecule has 2 aromatic heterocycles. The molecule has 1 N–H and O–H groups in total. The third kappa shape index (κ3) is 3.63. The zero-order valence-corrected chi connectivity index (χ0v) is 14.5. The normalized spacial score (nSPS) is 12.4. The molecule has 122 valence electrons. The monoisotopic (exact) mass is 337 g/mol. The Kier molecular flexibility index (Phi) is 4.91. The van der Waals surface area contributed by atoms with Gasteiger partial charge >= 0.3 is 0 Å². The summed E-state index contributed by atoms with van der Waals surface area (Å²) >= 11 is 1.62. The van der Waals surface area contributed by atoms with E-state index in [0.29, 0.717) is 0 Å². The van der Waals surface area contributed by atoms with Crippen LogP contribution in [-0.2, 0) is 11.8 Å². The fraction of sp³-hybridized carbons (Fsp3) is 0.158. The zero-order chi connectivity index (χ0) is 16.9. The van der Waals surface area contributed by atoms with Gasteiger partial charge in [0.2, 0.25) is 5.91 Å². The van der Waals surface area contributed by atoms with E-state index in [2.05, 4.69) is 10.3 Å². The second-order valence-electron chi connectivity index (χ2n) is 5.55. The van der Waals surface area contributed by atoms with Gasteiger partial charge in [-0.1, -0.05) is 30.3 Å². The highest BCUT2D eigenvalue weighted by Crippen LogP contribution is 2.21. The fourth-order valence-corrected chi connectivity index (χ4v) is 3.31. The summed E-state index contributed by atoms with van der Waals surface area (Å²) in [6.07, 6.45) is 7.05. The Morgan fingerprint density at radius 3 is 2.71 bits per heavy atom. The molecule has 5 heteroatoms. The minimum Gasteiger partial charge on any atom is -0.339 e. The average Bonchev–Trinajstić information content (AvgIpc) is 3.20. The predicted molar refractivity (Wildman–Crippen MR) is 97.7 cm³/mol. The van der Waals surface area contributed by atoms with Crippen molar-refractivity contribution in [3.63, 3.8) is 0 Å². The Morgan fingerprint density at radius 1 is 1.29 bits per heavy atom. The van der Waals surface area contributed by atoms with Crippen molar-refractivity contribution in [2.45, 2.75) is 13.0 Å². The number of carbonyl (C=O) groups excluding carboxylic acids is 1. The highest BCUT2D eigenvalue weighted by atomic mass is 32.1. The van der Waals surface area contributed by atoms with Crippen molar-refractivity contribution in [3.05, 3.63) is 82.1 Å². The van der Waals surface area contributed by atoms with E-state index in [-0.39, 0.29) is 11.9 Å². The lowest BCUT2D eigenvalue weighted by Gasteiger charge is -2.18. The standard InChI is InChI=1S/C19H19N3OS/c1-14-10-13-24-16(14)8-9-17(23)21-18(15-6-4-3-5-7-15)19-20-11-12-22(19)2/h3-13,18H,1-2H3,(H,21,23)/b9-8+/t18-/m0/s1. The molecule has 1 amide bonds. The van der Waals surface area contributed by atoms with Gasteiger partial charge in [-0.25, -0.2) is 4.98 Å². The van der Waals surface area contributed by atoms with E-state index >= 15 is 0 Å². The molecule has 0 radical (unpaired) electrons. The number of benzene rings is 1. The smallest absolute Gasteiger partial charge is 0.244 e. The van der Waals surface area contributed by atoms with E-state index in [9.17, 15) is 4.79 Å². The number of nitrogens with one attached hydrogen (secondary N) is 1. The van der Waals surface area contributed by atoms with Crippen LogP contribution in [0.25, 0.3) is 6.08 Å². The van der Waals surface area contributed by atoms with Crippen molar-refractivity contribution < 1.29 is 4.79 Å². The second kappa shape index (κ2) is 7.27. The summed E-state index contributed by atoms with van der Waals surface area (Å²) in [5.74, 6) is 0.662. The van der Waals surface area contributed by atoms with E-state index in [1.165, 1.54) is 5.56 Å². The lowest BCUT2D eigenvalue weighted by atomic mass is 10.1. The lowest BCUT2D eigenvalue weighted by molar-refractivity contribution is -0.117. The fourth-order valence-electron chi connectivity index (χ4n) is 2.49. The molecular weight excluding hydrogens is 318 g/mol. The first kappa shape index (κ1) is 16.2. The molecule has 2 heterocycles. The average molecular weight is 337 g/mol. The van der Waals surface area contributed by atoms with Gasteiger partial charge in [-0.3, -0.25) is 4.79 Å². The molecule has 0 aliphatic heterocycles. The predicted octanol–water partition coefficient (Wildman–Crippen LogP) is 3.71. The third-order valence-corrected chi connectivity index (χ3v) is 4.81. The maximum Gasteiger partial charge on any atom is 0.244 e. The molecule has 0 fully saturated rings. The summed E-state index contributed by atoms with van der Waals surface area (Å²) in [5, 5.41) is 5.08. The topological polar surface area (TPSA) is 46.9 Å². The van der Waals surface area contributed by atoms with Crippen molar-refractivity contribution in [2.75, 3.05) is 0 Å². The Bertz CT molecular complexity index is 848. The third-order valence-electron chi connectivity index (χ3n) is 3.82. The zero-order valence-electron chi connectivity index (χ0n) is 13.6. The molecule has 0 saturated heterocycles. The molecule has 24 heavy (non-hydrogen) atoms. The molecule has 0 aliphatic carbocycles.